The molecule has 0 fully saturated rings. The first kappa shape index (κ1) is 13.8. The predicted molar refractivity (Wildman–Crippen MR) is 71.9 cm³/mol. The lowest BCUT2D eigenvalue weighted by Gasteiger charge is -2.08. The van der Waals surface area contributed by atoms with Crippen LogP contribution in [0.3, 0.4) is 0 Å². The maximum absolute atomic E-state index is 10.7. The largest absolute Gasteiger partial charge is 0.438 e. The molecule has 0 amide bonds. The predicted octanol–water partition coefficient (Wildman–Crippen LogP) is 3.62. The molecule has 100 valence electrons. The van der Waals surface area contributed by atoms with E-state index < -0.39 is 4.92 Å². The summed E-state index contributed by atoms with van der Waals surface area (Å²) in [7, 11) is 0. The lowest BCUT2D eigenvalue weighted by atomic mass is 10.2. The van der Waals surface area contributed by atoms with E-state index in [9.17, 15) is 10.1 Å². The molecule has 0 aliphatic heterocycles. The Morgan fingerprint density at radius 3 is 2.80 bits per heavy atom. The molecule has 2 rings (SSSR count). The number of halogens is 1. The van der Waals surface area contributed by atoms with Crippen LogP contribution in [-0.4, -0.2) is 9.91 Å². The van der Waals surface area contributed by atoms with Crippen molar-refractivity contribution in [2.45, 2.75) is 6.92 Å². The van der Waals surface area contributed by atoms with E-state index in [2.05, 4.69) is 4.98 Å². The molecule has 0 saturated carbocycles. The Hall–Kier alpha value is -2.65. The molecule has 1 aromatic carbocycles. The summed E-state index contributed by atoms with van der Waals surface area (Å²) in [6.45, 7) is 1.74. The average molecular weight is 290 g/mol. The van der Waals surface area contributed by atoms with Crippen LogP contribution in [-0.2, 0) is 0 Å². The van der Waals surface area contributed by atoms with Crippen LogP contribution in [0.5, 0.6) is 11.6 Å². The van der Waals surface area contributed by atoms with Gasteiger partial charge in [-0.1, -0.05) is 11.6 Å². The second kappa shape index (κ2) is 5.55. The number of aryl methyl sites for hydroxylation is 1. The van der Waals surface area contributed by atoms with Crippen LogP contribution in [0.25, 0.3) is 0 Å². The molecule has 0 atom stereocenters. The highest BCUT2D eigenvalue weighted by molar-refractivity contribution is 6.29. The summed E-state index contributed by atoms with van der Waals surface area (Å²) in [5.41, 5.74) is 0.909. The van der Waals surface area contributed by atoms with Crippen molar-refractivity contribution in [1.82, 2.24) is 4.98 Å². The third-order valence-electron chi connectivity index (χ3n) is 2.50. The van der Waals surface area contributed by atoms with E-state index in [1.54, 1.807) is 13.0 Å². The van der Waals surface area contributed by atoms with Crippen molar-refractivity contribution >= 4 is 17.3 Å². The second-order valence-electron chi connectivity index (χ2n) is 3.94. The smallest absolute Gasteiger partial charge is 0.273 e. The van der Waals surface area contributed by atoms with Crippen molar-refractivity contribution in [2.75, 3.05) is 0 Å². The van der Waals surface area contributed by atoms with Crippen molar-refractivity contribution in [3.63, 3.8) is 0 Å². The molecule has 0 saturated heterocycles. The Kier molecular flexibility index (Phi) is 3.82. The summed E-state index contributed by atoms with van der Waals surface area (Å²) in [5, 5.41) is 19.7. The number of ether oxygens (including phenoxy) is 1. The fraction of sp³-hybridized carbons (Fsp3) is 0.0769. The average Bonchev–Trinajstić information content (AvgIpc) is 2.40. The molecular formula is C13H8ClN3O3. The molecular weight excluding hydrogens is 282 g/mol. The van der Waals surface area contributed by atoms with Gasteiger partial charge in [-0.25, -0.2) is 4.98 Å². The summed E-state index contributed by atoms with van der Waals surface area (Å²) < 4.78 is 5.47. The second-order valence-corrected chi connectivity index (χ2v) is 4.32. The van der Waals surface area contributed by atoms with Gasteiger partial charge in [0.05, 0.1) is 22.6 Å². The Morgan fingerprint density at radius 2 is 2.15 bits per heavy atom. The zero-order valence-corrected chi connectivity index (χ0v) is 11.1. The van der Waals surface area contributed by atoms with E-state index in [4.69, 9.17) is 21.6 Å². The number of hydrogen-bond donors (Lipinski definition) is 0. The first-order valence-corrected chi connectivity index (χ1v) is 5.88. The molecule has 0 aliphatic rings. The molecule has 20 heavy (non-hydrogen) atoms. The lowest BCUT2D eigenvalue weighted by Crippen LogP contribution is -1.94. The van der Waals surface area contributed by atoms with E-state index in [0.717, 1.165) is 0 Å². The highest BCUT2D eigenvalue weighted by atomic mass is 35.5. The summed E-state index contributed by atoms with van der Waals surface area (Å²) >= 11 is 5.77. The SMILES string of the molecule is Cc1ccc([N+](=O)[O-])cc1Oc1cc(C#N)cc(Cl)n1. The van der Waals surface area contributed by atoms with E-state index in [-0.39, 0.29) is 22.5 Å². The lowest BCUT2D eigenvalue weighted by molar-refractivity contribution is -0.384. The van der Waals surface area contributed by atoms with Gasteiger partial charge >= 0.3 is 0 Å². The van der Waals surface area contributed by atoms with Crippen LogP contribution in [0.4, 0.5) is 5.69 Å². The number of rotatable bonds is 3. The highest BCUT2D eigenvalue weighted by Crippen LogP contribution is 2.29. The molecule has 0 spiro atoms. The van der Waals surface area contributed by atoms with E-state index >= 15 is 0 Å². The number of hydrogen-bond acceptors (Lipinski definition) is 5. The molecule has 0 N–H and O–H groups in total. The minimum atomic E-state index is -0.515. The Balaban J connectivity index is 2.39. The van der Waals surface area contributed by atoms with Gasteiger partial charge in [0.25, 0.3) is 5.69 Å². The number of nitro benzene ring substituents is 1. The van der Waals surface area contributed by atoms with Crippen LogP contribution < -0.4 is 4.74 Å². The number of nitro groups is 1. The van der Waals surface area contributed by atoms with Crippen molar-refractivity contribution in [1.29, 1.82) is 5.26 Å². The maximum Gasteiger partial charge on any atom is 0.273 e. The summed E-state index contributed by atoms with van der Waals surface area (Å²) in [6, 6.07) is 8.98. The Labute approximate surface area is 119 Å². The topological polar surface area (TPSA) is 89.0 Å². The summed E-state index contributed by atoms with van der Waals surface area (Å²) in [4.78, 5) is 14.1. The van der Waals surface area contributed by atoms with Gasteiger partial charge in [0, 0.05) is 12.1 Å². The Morgan fingerprint density at radius 1 is 1.40 bits per heavy atom. The zero-order chi connectivity index (χ0) is 14.7. The minimum Gasteiger partial charge on any atom is -0.438 e. The molecule has 2 aromatic rings. The monoisotopic (exact) mass is 289 g/mol. The standard InChI is InChI=1S/C13H8ClN3O3/c1-8-2-3-10(17(18)19)6-11(8)20-13-5-9(7-15)4-12(14)16-13/h2-6H,1H3. The zero-order valence-electron chi connectivity index (χ0n) is 10.3. The third kappa shape index (κ3) is 3.02. The number of aromatic nitrogens is 1. The molecule has 6 nitrogen and oxygen atoms in total. The van der Waals surface area contributed by atoms with Gasteiger partial charge in [0.2, 0.25) is 5.88 Å². The van der Waals surface area contributed by atoms with Crippen molar-refractivity contribution in [2.24, 2.45) is 0 Å². The van der Waals surface area contributed by atoms with Gasteiger partial charge in [-0.2, -0.15) is 5.26 Å². The van der Waals surface area contributed by atoms with Crippen molar-refractivity contribution < 1.29 is 9.66 Å². The van der Waals surface area contributed by atoms with Gasteiger partial charge in [-0.05, 0) is 24.6 Å². The molecule has 0 radical (unpaired) electrons. The Bertz CT molecular complexity index is 725. The maximum atomic E-state index is 10.7. The highest BCUT2D eigenvalue weighted by Gasteiger charge is 2.11. The fourth-order valence-electron chi connectivity index (χ4n) is 1.51. The van der Waals surface area contributed by atoms with Crippen LogP contribution in [0, 0.1) is 28.4 Å². The van der Waals surface area contributed by atoms with Gasteiger partial charge < -0.3 is 4.74 Å². The van der Waals surface area contributed by atoms with E-state index in [1.807, 2.05) is 6.07 Å². The van der Waals surface area contributed by atoms with Gasteiger partial charge in [-0.3, -0.25) is 10.1 Å². The third-order valence-corrected chi connectivity index (χ3v) is 2.69. The quantitative estimate of drug-likeness (QED) is 0.489. The van der Waals surface area contributed by atoms with E-state index in [1.165, 1.54) is 24.3 Å². The van der Waals surface area contributed by atoms with Crippen LogP contribution in [0.2, 0.25) is 5.15 Å². The van der Waals surface area contributed by atoms with Gasteiger partial charge in [0.15, 0.2) is 0 Å². The fourth-order valence-corrected chi connectivity index (χ4v) is 1.72. The molecule has 7 heteroatoms. The molecule has 0 bridgehead atoms. The summed E-state index contributed by atoms with van der Waals surface area (Å²) in [6.07, 6.45) is 0. The number of pyridine rings is 1. The molecule has 0 unspecified atom stereocenters. The van der Waals surface area contributed by atoms with Crippen LogP contribution >= 0.6 is 11.6 Å². The van der Waals surface area contributed by atoms with Crippen LogP contribution in [0.1, 0.15) is 11.1 Å². The van der Waals surface area contributed by atoms with Crippen molar-refractivity contribution in [3.05, 3.63) is 56.7 Å². The van der Waals surface area contributed by atoms with Crippen molar-refractivity contribution in [3.8, 4) is 17.7 Å². The first-order valence-electron chi connectivity index (χ1n) is 5.50. The normalized spacial score (nSPS) is 9.85. The molecule has 1 aromatic heterocycles. The number of benzene rings is 1. The molecule has 1 heterocycles. The first-order chi connectivity index (χ1) is 9.49. The number of non-ortho nitro benzene ring substituents is 1. The number of nitriles is 1. The van der Waals surface area contributed by atoms with E-state index in [0.29, 0.717) is 11.1 Å². The van der Waals surface area contributed by atoms with Gasteiger partial charge in [0.1, 0.15) is 10.9 Å². The number of nitrogens with zero attached hydrogens (tertiary/aromatic N) is 3. The minimum absolute atomic E-state index is 0.0897. The van der Waals surface area contributed by atoms with Crippen LogP contribution in [0.15, 0.2) is 30.3 Å². The van der Waals surface area contributed by atoms with Gasteiger partial charge in [-0.15, -0.1) is 0 Å². The summed E-state index contributed by atoms with van der Waals surface area (Å²) in [5.74, 6) is 0.399. The molecule has 0 aliphatic carbocycles.